The van der Waals surface area contributed by atoms with E-state index in [4.69, 9.17) is 9.16 Å². The number of hydrogen-bond donors (Lipinski definition) is 1. The lowest BCUT2D eigenvalue weighted by molar-refractivity contribution is -0.149. The van der Waals surface area contributed by atoms with Crippen LogP contribution in [0.3, 0.4) is 0 Å². The fraction of sp³-hybridized carbons (Fsp3) is 0.500. The first kappa shape index (κ1) is 35.4. The van der Waals surface area contributed by atoms with Crippen LogP contribution in [0.5, 0.6) is 0 Å². The summed E-state index contributed by atoms with van der Waals surface area (Å²) in [5.74, 6) is -2.20. The van der Waals surface area contributed by atoms with Gasteiger partial charge in [-0.3, -0.25) is 9.59 Å². The van der Waals surface area contributed by atoms with E-state index in [0.29, 0.717) is 32.2 Å². The lowest BCUT2D eigenvalue weighted by Gasteiger charge is -2.47. The van der Waals surface area contributed by atoms with Crippen molar-refractivity contribution >= 4 is 36.5 Å². The highest BCUT2D eigenvalue weighted by Crippen LogP contribution is 2.47. The first-order chi connectivity index (χ1) is 21.9. The number of allylic oxidation sites excluding steroid dienone is 1. The number of carbonyl (C=O) groups excluding carboxylic acids is 3. The van der Waals surface area contributed by atoms with Crippen molar-refractivity contribution in [2.45, 2.75) is 82.4 Å². The van der Waals surface area contributed by atoms with Gasteiger partial charge in [-0.1, -0.05) is 93.6 Å². The first-order valence-electron chi connectivity index (χ1n) is 16.6. The molecule has 5 atom stereocenters. The lowest BCUT2D eigenvalue weighted by Crippen LogP contribution is -2.68. The Labute approximate surface area is 276 Å². The van der Waals surface area contributed by atoms with Crippen LogP contribution in [0.1, 0.15) is 65.7 Å². The highest BCUT2D eigenvalue weighted by molar-refractivity contribution is 6.99. The molecular formula is C38H52N2O5Si. The quantitative estimate of drug-likeness (QED) is 0.129. The van der Waals surface area contributed by atoms with E-state index in [2.05, 4.69) is 87.8 Å². The zero-order valence-corrected chi connectivity index (χ0v) is 29.3. The van der Waals surface area contributed by atoms with Crippen LogP contribution in [0.2, 0.25) is 5.04 Å². The number of carbonyl (C=O) groups is 3. The Morgan fingerprint density at radius 2 is 1.59 bits per heavy atom. The van der Waals surface area contributed by atoms with Crippen molar-refractivity contribution < 1.29 is 23.5 Å². The van der Waals surface area contributed by atoms with E-state index in [1.54, 1.807) is 11.0 Å². The Bertz CT molecular complexity index is 1330. The van der Waals surface area contributed by atoms with Crippen molar-refractivity contribution in [1.82, 2.24) is 10.2 Å². The van der Waals surface area contributed by atoms with Gasteiger partial charge in [0.15, 0.2) is 0 Å². The molecule has 0 aliphatic heterocycles. The summed E-state index contributed by atoms with van der Waals surface area (Å²) in [4.78, 5) is 42.8. The Balaban J connectivity index is 1.68. The smallest absolute Gasteiger partial charge is 0.332 e. The molecule has 2 saturated carbocycles. The van der Waals surface area contributed by atoms with Gasteiger partial charge in [0.1, 0.15) is 5.54 Å². The minimum absolute atomic E-state index is 0.0363. The number of methoxy groups -OCH3 is 1. The van der Waals surface area contributed by atoms with Crippen molar-refractivity contribution in [1.29, 1.82) is 0 Å². The second-order valence-electron chi connectivity index (χ2n) is 14.0. The van der Waals surface area contributed by atoms with E-state index >= 15 is 0 Å². The molecule has 2 unspecified atom stereocenters. The molecular weight excluding hydrogens is 593 g/mol. The Morgan fingerprint density at radius 1 is 0.978 bits per heavy atom. The van der Waals surface area contributed by atoms with E-state index < -0.39 is 31.7 Å². The summed E-state index contributed by atoms with van der Waals surface area (Å²) >= 11 is 0. The second kappa shape index (κ2) is 14.9. The van der Waals surface area contributed by atoms with E-state index in [0.717, 1.165) is 19.3 Å². The lowest BCUT2D eigenvalue weighted by atomic mass is 9.76. The number of esters is 1. The summed E-state index contributed by atoms with van der Waals surface area (Å²) < 4.78 is 12.5. The van der Waals surface area contributed by atoms with Crippen LogP contribution in [-0.4, -0.2) is 63.3 Å². The maximum absolute atomic E-state index is 14.2. The Kier molecular flexibility index (Phi) is 11.5. The number of nitrogens with zero attached hydrogens (tertiary/aromatic N) is 1. The molecule has 1 N–H and O–H groups in total. The van der Waals surface area contributed by atoms with E-state index in [-0.39, 0.29) is 28.9 Å². The molecule has 248 valence electrons. The number of nitrogens with one attached hydrogen (secondary N) is 1. The highest BCUT2D eigenvalue weighted by atomic mass is 28.4. The summed E-state index contributed by atoms with van der Waals surface area (Å²) in [5, 5.41) is 5.15. The predicted octanol–water partition coefficient (Wildman–Crippen LogP) is 5.40. The molecule has 8 heteroatoms. The SMILES string of the molecule is C=CCCCCN(C)C(=O)[C@@H]1CC[C@@H](O[Si](c2ccccc2)(c2ccccc2)C(C)(C)C)C[C@H]1C(=O)NC1(C(=O)OC)CC1C=C. The summed E-state index contributed by atoms with van der Waals surface area (Å²) in [6, 6.07) is 20.9. The molecule has 0 bridgehead atoms. The Hall–Kier alpha value is -3.49. The van der Waals surface area contributed by atoms with Gasteiger partial charge >= 0.3 is 5.97 Å². The van der Waals surface area contributed by atoms with E-state index in [1.165, 1.54) is 17.5 Å². The normalized spacial score (nSPS) is 24.4. The van der Waals surface area contributed by atoms with Crippen molar-refractivity contribution in [3.63, 3.8) is 0 Å². The molecule has 2 aromatic carbocycles. The van der Waals surface area contributed by atoms with Crippen LogP contribution in [-0.2, 0) is 23.5 Å². The van der Waals surface area contributed by atoms with Gasteiger partial charge in [-0.15, -0.1) is 13.2 Å². The number of amides is 2. The third-order valence-electron chi connectivity index (χ3n) is 9.94. The summed E-state index contributed by atoms with van der Waals surface area (Å²) in [5.41, 5.74) is -1.14. The fourth-order valence-corrected chi connectivity index (χ4v) is 12.0. The van der Waals surface area contributed by atoms with E-state index in [9.17, 15) is 14.4 Å². The molecule has 2 aliphatic rings. The molecule has 0 heterocycles. The van der Waals surface area contributed by atoms with Crippen molar-refractivity contribution in [3.8, 4) is 0 Å². The summed E-state index contributed by atoms with van der Waals surface area (Å²) in [6.07, 6.45) is 8.04. The fourth-order valence-electron chi connectivity index (χ4n) is 7.29. The van der Waals surface area contributed by atoms with Crippen LogP contribution >= 0.6 is 0 Å². The minimum Gasteiger partial charge on any atom is -0.467 e. The number of benzene rings is 2. The molecule has 0 spiro atoms. The summed E-state index contributed by atoms with van der Waals surface area (Å²) in [6.45, 7) is 15.0. The predicted molar refractivity (Wildman–Crippen MR) is 186 cm³/mol. The topological polar surface area (TPSA) is 84.9 Å². The van der Waals surface area contributed by atoms with Crippen LogP contribution in [0.15, 0.2) is 86.0 Å². The van der Waals surface area contributed by atoms with Gasteiger partial charge in [-0.25, -0.2) is 4.79 Å². The number of hydrogen-bond acceptors (Lipinski definition) is 5. The third-order valence-corrected chi connectivity index (χ3v) is 15.0. The average Bonchev–Trinajstić information content (AvgIpc) is 3.78. The maximum atomic E-state index is 14.2. The van der Waals surface area contributed by atoms with Crippen LogP contribution < -0.4 is 15.7 Å². The van der Waals surface area contributed by atoms with Gasteiger partial charge in [-0.2, -0.15) is 0 Å². The molecule has 0 aromatic heterocycles. The molecule has 46 heavy (non-hydrogen) atoms. The van der Waals surface area contributed by atoms with Crippen LogP contribution in [0, 0.1) is 17.8 Å². The molecule has 0 radical (unpaired) electrons. The molecule has 2 fully saturated rings. The van der Waals surface area contributed by atoms with E-state index in [1.807, 2.05) is 25.3 Å². The van der Waals surface area contributed by atoms with Gasteiger partial charge in [0.25, 0.3) is 8.32 Å². The molecule has 2 amide bonds. The minimum atomic E-state index is -2.90. The highest BCUT2D eigenvalue weighted by Gasteiger charge is 2.62. The van der Waals surface area contributed by atoms with Crippen molar-refractivity contribution in [2.24, 2.45) is 17.8 Å². The zero-order chi connectivity index (χ0) is 33.5. The number of ether oxygens (including phenoxy) is 1. The molecule has 2 aromatic rings. The van der Waals surface area contributed by atoms with Crippen LogP contribution in [0.25, 0.3) is 0 Å². The molecule has 0 saturated heterocycles. The monoisotopic (exact) mass is 644 g/mol. The maximum Gasteiger partial charge on any atom is 0.332 e. The van der Waals surface area contributed by atoms with Gasteiger partial charge in [0, 0.05) is 31.5 Å². The van der Waals surface area contributed by atoms with Gasteiger partial charge in [-0.05, 0) is 60.4 Å². The number of unbranched alkanes of at least 4 members (excludes halogenated alkanes) is 2. The van der Waals surface area contributed by atoms with Crippen molar-refractivity contribution in [3.05, 3.63) is 86.0 Å². The first-order valence-corrected chi connectivity index (χ1v) is 18.5. The van der Waals surface area contributed by atoms with Gasteiger partial charge in [0.05, 0.1) is 13.0 Å². The standard InChI is InChI=1S/C38H52N2O5Si/c1-8-10-11-18-25-40(6)35(42)32-24-23-29(26-33(32)34(41)39-38(36(43)44-7)27-28(38)9-2)45-46(37(3,4)5,30-19-14-12-15-20-30)31-21-16-13-17-22-31/h8-9,12-17,19-22,28-29,32-33H,1-2,10-11,18,23-27H2,3-7H3,(H,39,41)/t28?,29-,32-,33-,38?/m1/s1. The van der Waals surface area contributed by atoms with Gasteiger partial charge in [0.2, 0.25) is 11.8 Å². The summed E-state index contributed by atoms with van der Waals surface area (Å²) in [7, 11) is 0.255. The second-order valence-corrected chi connectivity index (χ2v) is 18.2. The number of rotatable bonds is 14. The van der Waals surface area contributed by atoms with Gasteiger partial charge < -0.3 is 19.4 Å². The zero-order valence-electron chi connectivity index (χ0n) is 28.3. The Morgan fingerprint density at radius 3 is 2.09 bits per heavy atom. The van der Waals surface area contributed by atoms with Crippen LogP contribution in [0.4, 0.5) is 0 Å². The molecule has 7 nitrogen and oxygen atoms in total. The third kappa shape index (κ3) is 7.23. The largest absolute Gasteiger partial charge is 0.467 e. The van der Waals surface area contributed by atoms with Crippen molar-refractivity contribution in [2.75, 3.05) is 20.7 Å². The molecule has 4 rings (SSSR count). The average molecular weight is 645 g/mol. The molecule has 2 aliphatic carbocycles.